The van der Waals surface area contributed by atoms with Gasteiger partial charge in [-0.25, -0.2) is 19.9 Å². The molecule has 11 nitrogen and oxygen atoms in total. The van der Waals surface area contributed by atoms with Gasteiger partial charge in [-0.3, -0.25) is 9.48 Å². The van der Waals surface area contributed by atoms with Crippen LogP contribution in [-0.4, -0.2) is 46.4 Å². The average Bonchev–Trinajstić information content (AvgIpc) is 3.43. The van der Waals surface area contributed by atoms with Gasteiger partial charge in [-0.1, -0.05) is 6.07 Å². The summed E-state index contributed by atoms with van der Waals surface area (Å²) < 4.78 is 8.81. The first-order valence-corrected chi connectivity index (χ1v) is 10.6. The lowest BCUT2D eigenvalue weighted by Gasteiger charge is -2.15. The van der Waals surface area contributed by atoms with Crippen LogP contribution in [0, 0.1) is 0 Å². The normalized spacial score (nSPS) is 13.7. The fourth-order valence-corrected chi connectivity index (χ4v) is 4.00. The van der Waals surface area contributed by atoms with Gasteiger partial charge >= 0.3 is 0 Å². The summed E-state index contributed by atoms with van der Waals surface area (Å²) in [5, 5.41) is 8.17. The van der Waals surface area contributed by atoms with Crippen molar-refractivity contribution < 1.29 is 4.74 Å². The van der Waals surface area contributed by atoms with Gasteiger partial charge in [0.1, 0.15) is 23.1 Å². The predicted molar refractivity (Wildman–Crippen MR) is 123 cm³/mol. The zero-order chi connectivity index (χ0) is 22.7. The van der Waals surface area contributed by atoms with Gasteiger partial charge in [-0.2, -0.15) is 5.10 Å². The molecule has 6 rings (SSSR count). The molecule has 4 aromatic heterocycles. The highest BCUT2D eigenvalue weighted by molar-refractivity contribution is 6.05. The Hall–Kier alpha value is -4.28. The standard InChI is InChI=1S/C22H21N9O2/c1-30-9-23-20-14(22(30)32)15(16-21(28-20)27-18(26-16)11-7-8-11)25-13-6-4-5-12(17(13)33-3)19-24-10-31(2)29-19/h4-6,9-11H,7-8H2,1-3H3,(H2,25,26,27,28). The van der Waals surface area contributed by atoms with Gasteiger partial charge in [0.15, 0.2) is 22.9 Å². The second kappa shape index (κ2) is 7.12. The fourth-order valence-electron chi connectivity index (χ4n) is 4.00. The minimum absolute atomic E-state index is 0.214. The fraction of sp³-hybridized carbons (Fsp3) is 0.273. The Bertz CT molecular complexity index is 1590. The van der Waals surface area contributed by atoms with Crippen molar-refractivity contribution in [3.63, 3.8) is 0 Å². The summed E-state index contributed by atoms with van der Waals surface area (Å²) in [7, 11) is 5.06. The molecular formula is C22H21N9O2. The number of H-pyrrole nitrogens is 1. The Morgan fingerprint density at radius 3 is 2.73 bits per heavy atom. The number of nitrogens with zero attached hydrogens (tertiary/aromatic N) is 7. The molecule has 1 fully saturated rings. The molecule has 0 amide bonds. The van der Waals surface area contributed by atoms with Gasteiger partial charge < -0.3 is 19.6 Å². The summed E-state index contributed by atoms with van der Waals surface area (Å²) in [6, 6.07) is 5.65. The van der Waals surface area contributed by atoms with Crippen molar-refractivity contribution >= 4 is 33.6 Å². The third-order valence-corrected chi connectivity index (χ3v) is 5.80. The van der Waals surface area contributed by atoms with E-state index in [1.807, 2.05) is 25.2 Å². The maximum absolute atomic E-state index is 13.1. The van der Waals surface area contributed by atoms with Gasteiger partial charge in [0, 0.05) is 20.0 Å². The first-order chi connectivity index (χ1) is 16.0. The number of methoxy groups -OCH3 is 1. The number of pyridine rings is 1. The number of nitrogens with one attached hydrogen (secondary N) is 2. The van der Waals surface area contributed by atoms with Crippen LogP contribution in [-0.2, 0) is 14.1 Å². The zero-order valence-corrected chi connectivity index (χ0v) is 18.3. The number of anilines is 2. The molecule has 5 aromatic rings. The highest BCUT2D eigenvalue weighted by Gasteiger charge is 2.29. The Morgan fingerprint density at radius 2 is 2.00 bits per heavy atom. The van der Waals surface area contributed by atoms with E-state index in [9.17, 15) is 4.79 Å². The van der Waals surface area contributed by atoms with E-state index in [1.165, 1.54) is 10.9 Å². The second-order valence-electron chi connectivity index (χ2n) is 8.19. The molecule has 0 atom stereocenters. The topological polar surface area (TPSA) is 128 Å². The molecule has 0 bridgehead atoms. The Kier molecular flexibility index (Phi) is 4.19. The molecule has 2 N–H and O–H groups in total. The van der Waals surface area contributed by atoms with Crippen LogP contribution in [0.4, 0.5) is 11.4 Å². The first-order valence-electron chi connectivity index (χ1n) is 10.6. The minimum atomic E-state index is -0.214. The molecule has 0 unspecified atom stereocenters. The molecule has 1 aliphatic carbocycles. The molecule has 1 aliphatic rings. The van der Waals surface area contributed by atoms with Crippen molar-refractivity contribution in [1.82, 2.24) is 39.3 Å². The number of hydrogen-bond acceptors (Lipinski definition) is 8. The average molecular weight is 443 g/mol. The van der Waals surface area contributed by atoms with Gasteiger partial charge in [-0.05, 0) is 25.0 Å². The lowest BCUT2D eigenvalue weighted by atomic mass is 10.1. The molecule has 11 heteroatoms. The van der Waals surface area contributed by atoms with Crippen LogP contribution in [0.15, 0.2) is 35.6 Å². The number of aromatic amines is 1. The van der Waals surface area contributed by atoms with Crippen LogP contribution in [0.25, 0.3) is 33.6 Å². The SMILES string of the molecule is COc1c(Nc2c3nc(C4CC4)[nH]c3nc3ncn(C)c(=O)c23)cccc1-c1ncn(C)n1. The van der Waals surface area contributed by atoms with Crippen molar-refractivity contribution in [2.75, 3.05) is 12.4 Å². The van der Waals surface area contributed by atoms with Crippen molar-refractivity contribution in [1.29, 1.82) is 0 Å². The molecule has 1 saturated carbocycles. The maximum Gasteiger partial charge on any atom is 0.264 e. The van der Waals surface area contributed by atoms with E-state index in [2.05, 4.69) is 30.4 Å². The number of ether oxygens (including phenoxy) is 1. The molecular weight excluding hydrogens is 422 g/mol. The molecule has 0 aliphatic heterocycles. The number of imidazole rings is 1. The highest BCUT2D eigenvalue weighted by Crippen LogP contribution is 2.42. The van der Waals surface area contributed by atoms with Crippen LogP contribution >= 0.6 is 0 Å². The van der Waals surface area contributed by atoms with Gasteiger partial charge in [0.05, 0.1) is 30.4 Å². The van der Waals surface area contributed by atoms with E-state index >= 15 is 0 Å². The molecule has 0 spiro atoms. The predicted octanol–water partition coefficient (Wildman–Crippen LogP) is 2.63. The van der Waals surface area contributed by atoms with Gasteiger partial charge in [-0.15, -0.1) is 0 Å². The van der Waals surface area contributed by atoms with Crippen molar-refractivity contribution in [2.45, 2.75) is 18.8 Å². The molecule has 0 saturated heterocycles. The zero-order valence-electron chi connectivity index (χ0n) is 18.3. The van der Waals surface area contributed by atoms with Crippen LogP contribution in [0.5, 0.6) is 5.75 Å². The molecule has 4 heterocycles. The van der Waals surface area contributed by atoms with E-state index in [-0.39, 0.29) is 5.56 Å². The van der Waals surface area contributed by atoms with E-state index < -0.39 is 0 Å². The lowest BCUT2D eigenvalue weighted by molar-refractivity contribution is 0.418. The summed E-state index contributed by atoms with van der Waals surface area (Å²) in [6.07, 6.45) is 5.29. The number of para-hydroxylation sites is 1. The largest absolute Gasteiger partial charge is 0.494 e. The highest BCUT2D eigenvalue weighted by atomic mass is 16.5. The van der Waals surface area contributed by atoms with Crippen LogP contribution in [0.2, 0.25) is 0 Å². The Balaban J connectivity index is 1.59. The summed E-state index contributed by atoms with van der Waals surface area (Å²) in [4.78, 5) is 34.6. The number of aromatic nitrogens is 8. The molecule has 0 radical (unpaired) electrons. The number of aryl methyl sites for hydroxylation is 2. The maximum atomic E-state index is 13.1. The summed E-state index contributed by atoms with van der Waals surface area (Å²) in [5.41, 5.74) is 3.24. The van der Waals surface area contributed by atoms with E-state index in [4.69, 9.17) is 9.72 Å². The summed E-state index contributed by atoms with van der Waals surface area (Å²) in [5.74, 6) is 2.38. The lowest BCUT2D eigenvalue weighted by Crippen LogP contribution is -2.19. The van der Waals surface area contributed by atoms with E-state index in [1.54, 1.807) is 25.2 Å². The number of fused-ring (bicyclic) bond motifs is 2. The summed E-state index contributed by atoms with van der Waals surface area (Å²) >= 11 is 0. The van der Waals surface area contributed by atoms with E-state index in [0.29, 0.717) is 51.1 Å². The Labute approximate surface area is 187 Å². The first kappa shape index (κ1) is 19.4. The van der Waals surface area contributed by atoms with Crippen molar-refractivity contribution in [2.24, 2.45) is 14.1 Å². The third-order valence-electron chi connectivity index (χ3n) is 5.80. The number of hydrogen-bond donors (Lipinski definition) is 2. The molecule has 33 heavy (non-hydrogen) atoms. The molecule has 166 valence electrons. The Morgan fingerprint density at radius 1 is 1.15 bits per heavy atom. The van der Waals surface area contributed by atoms with Crippen molar-refractivity contribution in [3.8, 4) is 17.1 Å². The van der Waals surface area contributed by atoms with Crippen LogP contribution < -0.4 is 15.6 Å². The molecule has 1 aromatic carbocycles. The van der Waals surface area contributed by atoms with Gasteiger partial charge in [0.25, 0.3) is 5.56 Å². The van der Waals surface area contributed by atoms with Crippen molar-refractivity contribution in [3.05, 3.63) is 47.0 Å². The third kappa shape index (κ3) is 3.12. The number of rotatable bonds is 5. The summed E-state index contributed by atoms with van der Waals surface area (Å²) in [6.45, 7) is 0. The van der Waals surface area contributed by atoms with E-state index in [0.717, 1.165) is 24.2 Å². The second-order valence-corrected chi connectivity index (χ2v) is 8.19. The monoisotopic (exact) mass is 443 g/mol. The van der Waals surface area contributed by atoms with Gasteiger partial charge in [0.2, 0.25) is 0 Å². The van der Waals surface area contributed by atoms with Crippen LogP contribution in [0.3, 0.4) is 0 Å². The quantitative estimate of drug-likeness (QED) is 0.424. The minimum Gasteiger partial charge on any atom is -0.494 e. The smallest absolute Gasteiger partial charge is 0.264 e. The van der Waals surface area contributed by atoms with Crippen LogP contribution in [0.1, 0.15) is 24.6 Å². The number of benzene rings is 1.